The van der Waals surface area contributed by atoms with Crippen LogP contribution >= 0.6 is 11.6 Å². The van der Waals surface area contributed by atoms with Gasteiger partial charge in [-0.1, -0.05) is 49.1 Å². The summed E-state index contributed by atoms with van der Waals surface area (Å²) in [7, 11) is 0. The van der Waals surface area contributed by atoms with Crippen molar-refractivity contribution in [1.29, 1.82) is 0 Å². The van der Waals surface area contributed by atoms with Crippen molar-refractivity contribution in [2.45, 2.75) is 51.7 Å². The van der Waals surface area contributed by atoms with E-state index < -0.39 is 0 Å². The SMILES string of the molecule is Cc1cccc(OCc2cccc(C(=O)NC3CCCCC3)n2)c1Cl. The van der Waals surface area contributed by atoms with Crippen molar-refractivity contribution in [3.63, 3.8) is 0 Å². The number of rotatable bonds is 5. The number of hydrogen-bond donors (Lipinski definition) is 1. The van der Waals surface area contributed by atoms with Gasteiger partial charge in [0.05, 0.1) is 10.7 Å². The van der Waals surface area contributed by atoms with E-state index in [-0.39, 0.29) is 18.6 Å². The lowest BCUT2D eigenvalue weighted by molar-refractivity contribution is 0.0922. The van der Waals surface area contributed by atoms with Crippen molar-refractivity contribution < 1.29 is 9.53 Å². The van der Waals surface area contributed by atoms with E-state index in [1.165, 1.54) is 19.3 Å². The minimum atomic E-state index is -0.109. The molecule has 1 fully saturated rings. The van der Waals surface area contributed by atoms with Crippen LogP contribution in [-0.2, 0) is 6.61 Å². The smallest absolute Gasteiger partial charge is 0.270 e. The molecule has 5 heteroatoms. The largest absolute Gasteiger partial charge is 0.486 e. The minimum Gasteiger partial charge on any atom is -0.486 e. The normalized spacial score (nSPS) is 15.0. The predicted molar refractivity (Wildman–Crippen MR) is 99.1 cm³/mol. The second kappa shape index (κ2) is 8.34. The van der Waals surface area contributed by atoms with Gasteiger partial charge >= 0.3 is 0 Å². The molecule has 0 bridgehead atoms. The maximum atomic E-state index is 12.4. The molecule has 1 saturated carbocycles. The van der Waals surface area contributed by atoms with Gasteiger partial charge in [0.2, 0.25) is 0 Å². The molecule has 0 radical (unpaired) electrons. The van der Waals surface area contributed by atoms with Gasteiger partial charge in [-0.05, 0) is 43.5 Å². The molecule has 0 saturated heterocycles. The number of amides is 1. The van der Waals surface area contributed by atoms with Crippen molar-refractivity contribution in [3.05, 3.63) is 58.4 Å². The molecule has 132 valence electrons. The molecule has 25 heavy (non-hydrogen) atoms. The predicted octanol–water partition coefficient (Wildman–Crippen LogP) is 4.68. The molecule has 4 nitrogen and oxygen atoms in total. The Bertz CT molecular complexity index is 742. The summed E-state index contributed by atoms with van der Waals surface area (Å²) in [4.78, 5) is 16.8. The van der Waals surface area contributed by atoms with Crippen LogP contribution in [0.3, 0.4) is 0 Å². The second-order valence-electron chi connectivity index (χ2n) is 6.50. The average Bonchev–Trinajstić information content (AvgIpc) is 2.64. The number of carbonyl (C=O) groups excluding carboxylic acids is 1. The maximum Gasteiger partial charge on any atom is 0.270 e. The fourth-order valence-electron chi connectivity index (χ4n) is 3.08. The third-order valence-corrected chi connectivity index (χ3v) is 5.00. The van der Waals surface area contributed by atoms with Crippen LogP contribution in [-0.4, -0.2) is 16.9 Å². The zero-order valence-corrected chi connectivity index (χ0v) is 15.2. The molecule has 1 N–H and O–H groups in total. The Kier molecular flexibility index (Phi) is 5.92. The number of nitrogens with zero attached hydrogens (tertiary/aromatic N) is 1. The molecule has 3 rings (SSSR count). The summed E-state index contributed by atoms with van der Waals surface area (Å²) in [5.74, 6) is 0.517. The number of pyridine rings is 1. The molecule has 0 aliphatic heterocycles. The van der Waals surface area contributed by atoms with Crippen molar-refractivity contribution >= 4 is 17.5 Å². The summed E-state index contributed by atoms with van der Waals surface area (Å²) in [6.45, 7) is 2.21. The molecular formula is C20H23ClN2O2. The third-order valence-electron chi connectivity index (χ3n) is 4.51. The molecular weight excluding hydrogens is 336 g/mol. The topological polar surface area (TPSA) is 51.2 Å². The number of carbonyl (C=O) groups is 1. The Balaban J connectivity index is 1.62. The van der Waals surface area contributed by atoms with Crippen LogP contribution in [0.4, 0.5) is 0 Å². The Morgan fingerprint density at radius 3 is 2.76 bits per heavy atom. The average molecular weight is 359 g/mol. The van der Waals surface area contributed by atoms with Crippen LogP contribution in [0, 0.1) is 6.92 Å². The van der Waals surface area contributed by atoms with E-state index in [1.807, 2.05) is 37.3 Å². The highest BCUT2D eigenvalue weighted by Gasteiger charge is 2.17. The van der Waals surface area contributed by atoms with Crippen LogP contribution in [0.2, 0.25) is 5.02 Å². The number of aryl methyl sites for hydroxylation is 1. The fourth-order valence-corrected chi connectivity index (χ4v) is 3.26. The van der Waals surface area contributed by atoms with Gasteiger partial charge in [0.1, 0.15) is 18.1 Å². The molecule has 0 atom stereocenters. The molecule has 1 aliphatic rings. The van der Waals surface area contributed by atoms with E-state index in [1.54, 1.807) is 6.07 Å². The Morgan fingerprint density at radius 2 is 1.96 bits per heavy atom. The minimum absolute atomic E-state index is 0.109. The lowest BCUT2D eigenvalue weighted by Crippen LogP contribution is -2.36. The number of hydrogen-bond acceptors (Lipinski definition) is 3. The standard InChI is InChI=1S/C20H23ClN2O2/c1-14-7-5-12-18(19(14)21)25-13-16-10-6-11-17(22-16)20(24)23-15-8-3-2-4-9-15/h5-7,10-12,15H,2-4,8-9,13H2,1H3,(H,23,24). The molecule has 1 aromatic heterocycles. The molecule has 0 spiro atoms. The quantitative estimate of drug-likeness (QED) is 0.843. The number of nitrogens with one attached hydrogen (secondary N) is 1. The van der Waals surface area contributed by atoms with Gasteiger partial charge < -0.3 is 10.1 Å². The number of ether oxygens (including phenoxy) is 1. The Labute approximate surface area is 153 Å². The molecule has 1 aromatic carbocycles. The third kappa shape index (κ3) is 4.73. The first-order valence-electron chi connectivity index (χ1n) is 8.78. The first-order chi connectivity index (χ1) is 12.1. The van der Waals surface area contributed by atoms with Crippen molar-refractivity contribution in [3.8, 4) is 5.75 Å². The van der Waals surface area contributed by atoms with Gasteiger partial charge in [-0.3, -0.25) is 4.79 Å². The van der Waals surface area contributed by atoms with E-state index in [4.69, 9.17) is 16.3 Å². The summed E-state index contributed by atoms with van der Waals surface area (Å²) >= 11 is 6.24. The first-order valence-corrected chi connectivity index (χ1v) is 9.16. The van der Waals surface area contributed by atoms with E-state index >= 15 is 0 Å². The Morgan fingerprint density at radius 1 is 1.20 bits per heavy atom. The van der Waals surface area contributed by atoms with Crippen LogP contribution in [0.25, 0.3) is 0 Å². The summed E-state index contributed by atoms with van der Waals surface area (Å²) in [5, 5.41) is 3.69. The van der Waals surface area contributed by atoms with Crippen LogP contribution in [0.5, 0.6) is 5.75 Å². The number of halogens is 1. The van der Waals surface area contributed by atoms with Gasteiger partial charge in [0.25, 0.3) is 5.91 Å². The van der Waals surface area contributed by atoms with Gasteiger partial charge in [-0.2, -0.15) is 0 Å². The molecule has 2 aromatic rings. The van der Waals surface area contributed by atoms with Gasteiger partial charge in [0.15, 0.2) is 0 Å². The maximum absolute atomic E-state index is 12.4. The van der Waals surface area contributed by atoms with Crippen molar-refractivity contribution in [2.75, 3.05) is 0 Å². The van der Waals surface area contributed by atoms with E-state index in [2.05, 4.69) is 10.3 Å². The summed E-state index contributed by atoms with van der Waals surface area (Å²) < 4.78 is 5.76. The van der Waals surface area contributed by atoms with Crippen LogP contribution < -0.4 is 10.1 Å². The zero-order valence-electron chi connectivity index (χ0n) is 14.4. The van der Waals surface area contributed by atoms with E-state index in [9.17, 15) is 4.79 Å². The lowest BCUT2D eigenvalue weighted by Gasteiger charge is -2.22. The first kappa shape index (κ1) is 17.7. The Hall–Kier alpha value is -2.07. The van der Waals surface area contributed by atoms with E-state index in [0.29, 0.717) is 22.2 Å². The highest BCUT2D eigenvalue weighted by atomic mass is 35.5. The fraction of sp³-hybridized carbons (Fsp3) is 0.400. The zero-order chi connectivity index (χ0) is 17.6. The highest BCUT2D eigenvalue weighted by molar-refractivity contribution is 6.32. The molecule has 1 amide bonds. The van der Waals surface area contributed by atoms with Gasteiger partial charge in [-0.25, -0.2) is 4.98 Å². The molecule has 1 aliphatic carbocycles. The van der Waals surface area contributed by atoms with Gasteiger partial charge in [-0.15, -0.1) is 0 Å². The van der Waals surface area contributed by atoms with Crippen molar-refractivity contribution in [2.24, 2.45) is 0 Å². The molecule has 1 heterocycles. The summed E-state index contributed by atoms with van der Waals surface area (Å²) in [5.41, 5.74) is 2.10. The summed E-state index contributed by atoms with van der Waals surface area (Å²) in [6.07, 6.45) is 5.74. The highest BCUT2D eigenvalue weighted by Crippen LogP contribution is 2.28. The lowest BCUT2D eigenvalue weighted by atomic mass is 9.95. The number of aromatic nitrogens is 1. The monoisotopic (exact) mass is 358 g/mol. The second-order valence-corrected chi connectivity index (χ2v) is 6.88. The van der Waals surface area contributed by atoms with Crippen LogP contribution in [0.15, 0.2) is 36.4 Å². The summed E-state index contributed by atoms with van der Waals surface area (Å²) in [6, 6.07) is 11.4. The number of benzene rings is 1. The van der Waals surface area contributed by atoms with E-state index in [0.717, 1.165) is 18.4 Å². The van der Waals surface area contributed by atoms with Crippen LogP contribution in [0.1, 0.15) is 53.8 Å². The van der Waals surface area contributed by atoms with Gasteiger partial charge in [0, 0.05) is 6.04 Å². The van der Waals surface area contributed by atoms with Crippen molar-refractivity contribution in [1.82, 2.24) is 10.3 Å². The molecule has 0 unspecified atom stereocenters.